The van der Waals surface area contributed by atoms with Crippen LogP contribution in [0.4, 0.5) is 18.9 Å². The minimum absolute atomic E-state index is 0.0292. The number of H-pyrrole nitrogens is 1. The minimum atomic E-state index is -4.49. The number of hydrogen-bond donors (Lipinski definition) is 3. The summed E-state index contributed by atoms with van der Waals surface area (Å²) >= 11 is 6.22. The van der Waals surface area contributed by atoms with Gasteiger partial charge in [-0.05, 0) is 48.7 Å². The molecule has 1 unspecified atom stereocenters. The summed E-state index contributed by atoms with van der Waals surface area (Å²) in [5, 5.41) is 5.07. The van der Waals surface area contributed by atoms with Crippen molar-refractivity contribution in [2.24, 2.45) is 10.9 Å². The molecule has 0 aliphatic heterocycles. The Bertz CT molecular complexity index is 1310. The van der Waals surface area contributed by atoms with Gasteiger partial charge in [0.05, 0.1) is 27.7 Å². The molecule has 3 rings (SSSR count). The Morgan fingerprint density at radius 2 is 1.97 bits per heavy atom. The molecule has 1 aromatic heterocycles. The zero-order valence-corrected chi connectivity index (χ0v) is 19.3. The number of halogens is 4. The molecule has 1 atom stereocenters. The second kappa shape index (κ2) is 9.78. The third-order valence-electron chi connectivity index (χ3n) is 4.71. The van der Waals surface area contributed by atoms with E-state index in [1.54, 1.807) is 6.92 Å². The van der Waals surface area contributed by atoms with Crippen molar-refractivity contribution in [2.45, 2.75) is 38.4 Å². The van der Waals surface area contributed by atoms with Crippen LogP contribution in [0.5, 0.6) is 0 Å². The summed E-state index contributed by atoms with van der Waals surface area (Å²) in [4.78, 5) is 23.7. The molecule has 184 valence electrons. The fraction of sp³-hybridized carbons (Fsp3) is 0.300. The van der Waals surface area contributed by atoms with Crippen LogP contribution < -0.4 is 15.3 Å². The summed E-state index contributed by atoms with van der Waals surface area (Å²) in [5.74, 6) is -0.550. The van der Waals surface area contributed by atoms with Gasteiger partial charge in [-0.15, -0.1) is 0 Å². The molecule has 34 heavy (non-hydrogen) atoms. The third kappa shape index (κ3) is 5.97. The molecule has 0 saturated carbocycles. The SMILES string of the molecule is CCCC(=O)ON(c1ccc(CC(N)c2nc3ccc(C(F)(F)F)cc3[nH]2)cc1Cl)S(N)(=O)=O. The lowest BCUT2D eigenvalue weighted by atomic mass is 10.1. The van der Waals surface area contributed by atoms with Gasteiger partial charge >= 0.3 is 22.4 Å². The Hall–Kier alpha value is -2.87. The van der Waals surface area contributed by atoms with E-state index in [0.717, 1.165) is 12.1 Å². The second-order valence-corrected chi connectivity index (χ2v) is 9.20. The molecular formula is C20H21ClF3N5O4S. The quantitative estimate of drug-likeness (QED) is 0.386. The first-order chi connectivity index (χ1) is 15.8. The van der Waals surface area contributed by atoms with Crippen LogP contribution in [0.1, 0.15) is 42.8 Å². The maximum Gasteiger partial charge on any atom is 0.416 e. The lowest BCUT2D eigenvalue weighted by Gasteiger charge is -2.21. The number of hydrogen-bond acceptors (Lipinski definition) is 6. The molecule has 14 heteroatoms. The molecule has 0 radical (unpaired) electrons. The smallest absolute Gasteiger partial charge is 0.341 e. The van der Waals surface area contributed by atoms with Crippen molar-refractivity contribution < 1.29 is 31.2 Å². The number of benzene rings is 2. The number of carbonyl (C=O) groups is 1. The van der Waals surface area contributed by atoms with Gasteiger partial charge < -0.3 is 15.6 Å². The first-order valence-corrected chi connectivity index (χ1v) is 11.8. The summed E-state index contributed by atoms with van der Waals surface area (Å²) in [6, 6.07) is 6.60. The van der Waals surface area contributed by atoms with Gasteiger partial charge in [-0.1, -0.05) is 29.1 Å². The van der Waals surface area contributed by atoms with E-state index >= 15 is 0 Å². The van der Waals surface area contributed by atoms with Crippen LogP contribution in [0, 0.1) is 0 Å². The zero-order chi connectivity index (χ0) is 25.3. The Balaban J connectivity index is 1.82. The van der Waals surface area contributed by atoms with Crippen molar-refractivity contribution in [2.75, 3.05) is 4.47 Å². The topological polar surface area (TPSA) is 144 Å². The van der Waals surface area contributed by atoms with Crippen LogP contribution in [0.25, 0.3) is 11.0 Å². The molecule has 0 bridgehead atoms. The monoisotopic (exact) mass is 519 g/mol. The number of anilines is 1. The molecule has 2 aromatic carbocycles. The number of imidazole rings is 1. The normalized spacial score (nSPS) is 13.1. The van der Waals surface area contributed by atoms with Crippen LogP contribution in [-0.4, -0.2) is 24.4 Å². The van der Waals surface area contributed by atoms with E-state index in [0.29, 0.717) is 17.5 Å². The summed E-state index contributed by atoms with van der Waals surface area (Å²) in [5.41, 5.74) is 6.26. The van der Waals surface area contributed by atoms with Gasteiger partial charge in [-0.2, -0.15) is 21.6 Å². The standard InChI is InChI=1S/C20H21ClF3N5O4S/c1-2-3-18(30)33-29(34(26,31)32)17-7-4-11(8-13(17)21)9-14(25)19-27-15-6-5-12(20(22,23)24)10-16(15)28-19/h4-8,10,14H,2-3,9,25H2,1H3,(H,27,28)(H2,26,31,32). The number of fused-ring (bicyclic) bond motifs is 1. The third-order valence-corrected chi connectivity index (χ3v) is 5.75. The van der Waals surface area contributed by atoms with E-state index < -0.39 is 34.0 Å². The first-order valence-electron chi connectivity index (χ1n) is 9.94. The van der Waals surface area contributed by atoms with E-state index in [-0.39, 0.29) is 39.4 Å². The van der Waals surface area contributed by atoms with Gasteiger partial charge in [0, 0.05) is 6.42 Å². The maximum absolute atomic E-state index is 12.9. The number of nitrogens with zero attached hydrogens (tertiary/aromatic N) is 2. The number of carbonyl (C=O) groups excluding carboxylic acids is 1. The van der Waals surface area contributed by atoms with E-state index in [4.69, 9.17) is 27.3 Å². The highest BCUT2D eigenvalue weighted by Gasteiger charge is 2.31. The zero-order valence-electron chi connectivity index (χ0n) is 17.8. The molecule has 0 amide bonds. The summed E-state index contributed by atoms with van der Waals surface area (Å²) in [7, 11) is -4.48. The molecule has 0 aliphatic rings. The molecule has 0 fully saturated rings. The molecule has 5 N–H and O–H groups in total. The van der Waals surface area contributed by atoms with Gasteiger partial charge in [-0.25, -0.2) is 14.9 Å². The number of alkyl halides is 3. The molecular weight excluding hydrogens is 499 g/mol. The Kier molecular flexibility index (Phi) is 7.41. The van der Waals surface area contributed by atoms with E-state index in [1.165, 1.54) is 24.3 Å². The van der Waals surface area contributed by atoms with Gasteiger partial charge in [0.1, 0.15) is 11.5 Å². The van der Waals surface area contributed by atoms with Crippen molar-refractivity contribution in [1.82, 2.24) is 9.97 Å². The average molecular weight is 520 g/mol. The van der Waals surface area contributed by atoms with Crippen LogP contribution in [-0.2, 0) is 32.4 Å². The predicted octanol–water partition coefficient (Wildman–Crippen LogP) is 3.75. The molecule has 1 heterocycles. The van der Waals surface area contributed by atoms with Crippen LogP contribution in [0.3, 0.4) is 0 Å². The van der Waals surface area contributed by atoms with Gasteiger partial charge in [0.25, 0.3) is 0 Å². The van der Waals surface area contributed by atoms with E-state index in [2.05, 4.69) is 9.97 Å². The maximum atomic E-state index is 12.9. The molecule has 0 aliphatic carbocycles. The average Bonchev–Trinajstić information content (AvgIpc) is 3.15. The van der Waals surface area contributed by atoms with E-state index in [9.17, 15) is 26.4 Å². The van der Waals surface area contributed by atoms with Crippen molar-refractivity contribution in [3.63, 3.8) is 0 Å². The fourth-order valence-electron chi connectivity index (χ4n) is 3.14. The van der Waals surface area contributed by atoms with Crippen LogP contribution in [0.2, 0.25) is 5.02 Å². The van der Waals surface area contributed by atoms with Gasteiger partial charge in [0.2, 0.25) is 0 Å². The second-order valence-electron chi connectivity index (χ2n) is 7.43. The number of nitrogens with one attached hydrogen (secondary N) is 1. The Morgan fingerprint density at radius 1 is 1.26 bits per heavy atom. The van der Waals surface area contributed by atoms with Crippen molar-refractivity contribution in [3.8, 4) is 0 Å². The number of nitrogens with two attached hydrogens (primary N) is 2. The minimum Gasteiger partial charge on any atom is -0.341 e. The highest BCUT2D eigenvalue weighted by Crippen LogP contribution is 2.32. The summed E-state index contributed by atoms with van der Waals surface area (Å²) in [6.45, 7) is 1.71. The van der Waals surface area contributed by atoms with Gasteiger partial charge in [-0.3, -0.25) is 0 Å². The molecule has 0 spiro atoms. The fourth-order valence-corrected chi connectivity index (χ4v) is 4.09. The van der Waals surface area contributed by atoms with Crippen molar-refractivity contribution >= 4 is 44.5 Å². The number of aromatic nitrogens is 2. The van der Waals surface area contributed by atoms with E-state index in [1.807, 2.05) is 0 Å². The summed E-state index contributed by atoms with van der Waals surface area (Å²) in [6.07, 6.45) is -3.92. The number of aromatic amines is 1. The van der Waals surface area contributed by atoms with Crippen molar-refractivity contribution in [1.29, 1.82) is 0 Å². The Labute approximate surface area is 198 Å². The molecule has 0 saturated heterocycles. The highest BCUT2D eigenvalue weighted by molar-refractivity contribution is 7.90. The lowest BCUT2D eigenvalue weighted by Crippen LogP contribution is -2.38. The van der Waals surface area contributed by atoms with Crippen molar-refractivity contribution in [3.05, 3.63) is 58.4 Å². The lowest BCUT2D eigenvalue weighted by molar-refractivity contribution is -0.143. The predicted molar refractivity (Wildman–Crippen MR) is 120 cm³/mol. The largest absolute Gasteiger partial charge is 0.416 e. The van der Waals surface area contributed by atoms with Gasteiger partial charge in [0.15, 0.2) is 0 Å². The number of rotatable bonds is 8. The van der Waals surface area contributed by atoms with Crippen LogP contribution in [0.15, 0.2) is 36.4 Å². The summed E-state index contributed by atoms with van der Waals surface area (Å²) < 4.78 is 62.8. The highest BCUT2D eigenvalue weighted by atomic mass is 35.5. The first kappa shape index (κ1) is 25.7. The molecule has 9 nitrogen and oxygen atoms in total. The Morgan fingerprint density at radius 3 is 2.56 bits per heavy atom. The molecule has 3 aromatic rings. The van der Waals surface area contributed by atoms with Crippen LogP contribution >= 0.6 is 11.6 Å².